The molecule has 2 fully saturated rings. The van der Waals surface area contributed by atoms with Gasteiger partial charge in [-0.25, -0.2) is 15.0 Å². The van der Waals surface area contributed by atoms with E-state index in [-0.39, 0.29) is 5.48 Å². The second-order valence-corrected chi connectivity index (χ2v) is 5.70. The molecule has 1 aliphatic carbocycles. The fourth-order valence-corrected chi connectivity index (χ4v) is 2.48. The van der Waals surface area contributed by atoms with Crippen molar-refractivity contribution in [2.45, 2.75) is 43.5 Å². The van der Waals surface area contributed by atoms with E-state index in [9.17, 15) is 10.2 Å². The third-order valence-corrected chi connectivity index (χ3v) is 3.94. The Labute approximate surface area is 136 Å². The predicted octanol–water partition coefficient (Wildman–Crippen LogP) is -2.56. The standard InChI is InChI=1S/C13H17N5O5.H2O/c19-3-7-9(20)10(21)13(22-7)23-18-5-16-8-11(17-6-1-2-6)14-4-15-12(8)18;/h4-7,9-10,13,19-21H,1-3H2,(H,14,15,17);1H2/t7-,9-,10+,13+;/m1./s1. The second-order valence-electron chi connectivity index (χ2n) is 5.70. The van der Waals surface area contributed by atoms with Gasteiger partial charge in [-0.1, -0.05) is 0 Å². The number of fused-ring (bicyclic) bond motifs is 1. The Kier molecular flexibility index (Phi) is 4.51. The zero-order valence-corrected chi connectivity index (χ0v) is 12.6. The largest absolute Gasteiger partial charge is 0.412 e. The lowest BCUT2D eigenvalue weighted by Crippen LogP contribution is -2.38. The molecule has 0 amide bonds. The van der Waals surface area contributed by atoms with Crippen molar-refractivity contribution < 1.29 is 30.4 Å². The molecule has 6 N–H and O–H groups in total. The lowest BCUT2D eigenvalue weighted by atomic mass is 10.1. The molecule has 1 aliphatic heterocycles. The number of nitrogens with zero attached hydrogens (tertiary/aromatic N) is 4. The molecule has 11 heteroatoms. The summed E-state index contributed by atoms with van der Waals surface area (Å²) >= 11 is 0. The highest BCUT2D eigenvalue weighted by Crippen LogP contribution is 2.27. The minimum Gasteiger partial charge on any atom is -0.412 e. The topological polar surface area (TPSA) is 166 Å². The number of rotatable bonds is 5. The first kappa shape index (κ1) is 16.8. The van der Waals surface area contributed by atoms with E-state index in [0.29, 0.717) is 23.0 Å². The molecule has 2 aliphatic rings. The maximum absolute atomic E-state index is 9.92. The van der Waals surface area contributed by atoms with Gasteiger partial charge in [0.25, 0.3) is 6.29 Å². The van der Waals surface area contributed by atoms with E-state index >= 15 is 0 Å². The Hall–Kier alpha value is -2.05. The Morgan fingerprint density at radius 3 is 2.71 bits per heavy atom. The quantitative estimate of drug-likeness (QED) is 0.457. The van der Waals surface area contributed by atoms with Crippen molar-refractivity contribution in [3.63, 3.8) is 0 Å². The lowest BCUT2D eigenvalue weighted by molar-refractivity contribution is -0.169. The predicted molar refractivity (Wildman–Crippen MR) is 79.9 cm³/mol. The third kappa shape index (κ3) is 2.87. The van der Waals surface area contributed by atoms with Gasteiger partial charge in [0, 0.05) is 6.04 Å². The summed E-state index contributed by atoms with van der Waals surface area (Å²) in [5, 5.41) is 32.0. The van der Waals surface area contributed by atoms with Gasteiger partial charge >= 0.3 is 0 Å². The van der Waals surface area contributed by atoms with Crippen LogP contribution in [0.15, 0.2) is 12.7 Å². The molecule has 11 nitrogen and oxygen atoms in total. The maximum atomic E-state index is 9.92. The fourth-order valence-electron chi connectivity index (χ4n) is 2.48. The SMILES string of the molecule is O.OC[C@H]1O[C@@H](On2cnc3c(NC4CC4)ncnc32)[C@@H](O)[C@@H]1O. The average molecular weight is 341 g/mol. The minimum absolute atomic E-state index is 0. The van der Waals surface area contributed by atoms with Crippen LogP contribution in [-0.2, 0) is 4.74 Å². The molecule has 4 atom stereocenters. The molecular formula is C13H19N5O6. The van der Waals surface area contributed by atoms with Crippen LogP contribution in [0.1, 0.15) is 12.8 Å². The number of ether oxygens (including phenoxy) is 1. The average Bonchev–Trinajstić information content (AvgIpc) is 3.22. The Balaban J connectivity index is 0.00000169. The van der Waals surface area contributed by atoms with E-state index in [0.717, 1.165) is 12.8 Å². The number of anilines is 1. The van der Waals surface area contributed by atoms with E-state index in [1.807, 2.05) is 0 Å². The number of aliphatic hydroxyl groups is 3. The van der Waals surface area contributed by atoms with Gasteiger partial charge in [0.2, 0.25) is 5.65 Å². The normalized spacial score (nSPS) is 29.5. The highest BCUT2D eigenvalue weighted by atomic mass is 16.8. The number of aromatic nitrogens is 4. The number of aliphatic hydroxyl groups excluding tert-OH is 3. The second kappa shape index (κ2) is 6.45. The van der Waals surface area contributed by atoms with Crippen LogP contribution in [0.2, 0.25) is 0 Å². The smallest absolute Gasteiger partial charge is 0.254 e. The highest BCUT2D eigenvalue weighted by molar-refractivity contribution is 5.82. The highest BCUT2D eigenvalue weighted by Gasteiger charge is 2.44. The van der Waals surface area contributed by atoms with Crippen LogP contribution in [0.25, 0.3) is 11.2 Å². The molecule has 2 aromatic heterocycles. The molecular weight excluding hydrogens is 322 g/mol. The van der Waals surface area contributed by atoms with E-state index in [1.165, 1.54) is 17.4 Å². The zero-order valence-electron chi connectivity index (χ0n) is 12.6. The number of nitrogens with one attached hydrogen (secondary N) is 1. The molecule has 3 heterocycles. The van der Waals surface area contributed by atoms with Gasteiger partial charge in [-0.2, -0.15) is 0 Å². The van der Waals surface area contributed by atoms with E-state index in [4.69, 9.17) is 14.7 Å². The molecule has 0 aromatic carbocycles. The van der Waals surface area contributed by atoms with Crippen LogP contribution in [0.3, 0.4) is 0 Å². The third-order valence-electron chi connectivity index (χ3n) is 3.94. The van der Waals surface area contributed by atoms with Crippen LogP contribution in [0, 0.1) is 0 Å². The number of hydrogen-bond acceptors (Lipinski definition) is 9. The van der Waals surface area contributed by atoms with Crippen molar-refractivity contribution in [2.24, 2.45) is 0 Å². The van der Waals surface area contributed by atoms with Crippen molar-refractivity contribution in [1.29, 1.82) is 0 Å². The first-order valence-electron chi connectivity index (χ1n) is 7.41. The molecule has 24 heavy (non-hydrogen) atoms. The molecule has 1 saturated carbocycles. The van der Waals surface area contributed by atoms with Crippen LogP contribution >= 0.6 is 0 Å². The molecule has 4 rings (SSSR count). The summed E-state index contributed by atoms with van der Waals surface area (Å²) in [4.78, 5) is 18.0. The van der Waals surface area contributed by atoms with Gasteiger partial charge < -0.3 is 35.7 Å². The first-order valence-corrected chi connectivity index (χ1v) is 7.41. The van der Waals surface area contributed by atoms with Crippen molar-refractivity contribution >= 4 is 17.0 Å². The Bertz CT molecular complexity index is 707. The van der Waals surface area contributed by atoms with Gasteiger partial charge in [-0.05, 0) is 12.8 Å². The van der Waals surface area contributed by atoms with Gasteiger partial charge in [-0.15, -0.1) is 4.73 Å². The molecule has 0 bridgehead atoms. The summed E-state index contributed by atoms with van der Waals surface area (Å²) in [5.41, 5.74) is 0.965. The summed E-state index contributed by atoms with van der Waals surface area (Å²) in [7, 11) is 0. The van der Waals surface area contributed by atoms with Gasteiger partial charge in [0.15, 0.2) is 11.3 Å². The number of hydrogen-bond donors (Lipinski definition) is 4. The molecule has 0 spiro atoms. The van der Waals surface area contributed by atoms with Crippen LogP contribution in [0.5, 0.6) is 0 Å². The van der Waals surface area contributed by atoms with Crippen LogP contribution in [0.4, 0.5) is 5.82 Å². The van der Waals surface area contributed by atoms with Crippen molar-refractivity contribution in [1.82, 2.24) is 19.7 Å². The molecule has 132 valence electrons. The fraction of sp³-hybridized carbons (Fsp3) is 0.615. The summed E-state index contributed by atoms with van der Waals surface area (Å²) in [5.74, 6) is 0.626. The number of imidazole rings is 1. The molecule has 0 unspecified atom stereocenters. The molecule has 2 aromatic rings. The summed E-state index contributed by atoms with van der Waals surface area (Å²) < 4.78 is 6.54. The van der Waals surface area contributed by atoms with Gasteiger partial charge in [0.1, 0.15) is 31.0 Å². The van der Waals surface area contributed by atoms with Gasteiger partial charge in [-0.3, -0.25) is 0 Å². The van der Waals surface area contributed by atoms with Gasteiger partial charge in [0.05, 0.1) is 6.61 Å². The van der Waals surface area contributed by atoms with E-state index in [2.05, 4.69) is 20.3 Å². The maximum Gasteiger partial charge on any atom is 0.254 e. The Morgan fingerprint density at radius 1 is 1.25 bits per heavy atom. The van der Waals surface area contributed by atoms with Crippen LogP contribution < -0.4 is 10.2 Å². The molecule has 0 radical (unpaired) electrons. The first-order chi connectivity index (χ1) is 11.2. The Morgan fingerprint density at radius 2 is 2.04 bits per heavy atom. The zero-order chi connectivity index (χ0) is 16.0. The lowest BCUT2D eigenvalue weighted by Gasteiger charge is -2.16. The summed E-state index contributed by atoms with van der Waals surface area (Å²) in [6.07, 6.45) is 0.465. The van der Waals surface area contributed by atoms with Crippen molar-refractivity contribution in [2.75, 3.05) is 11.9 Å². The van der Waals surface area contributed by atoms with Crippen LogP contribution in [-0.4, -0.2) is 77.7 Å². The monoisotopic (exact) mass is 341 g/mol. The summed E-state index contributed by atoms with van der Waals surface area (Å²) in [6.45, 7) is -0.416. The summed E-state index contributed by atoms with van der Waals surface area (Å²) in [6, 6.07) is 0.416. The molecule has 1 saturated heterocycles. The van der Waals surface area contributed by atoms with E-state index in [1.54, 1.807) is 0 Å². The minimum atomic E-state index is -1.28. The van der Waals surface area contributed by atoms with E-state index < -0.39 is 31.2 Å². The van der Waals surface area contributed by atoms with Crippen molar-refractivity contribution in [3.05, 3.63) is 12.7 Å². The van der Waals surface area contributed by atoms with Crippen molar-refractivity contribution in [3.8, 4) is 0 Å².